The Morgan fingerprint density at radius 3 is 2.47 bits per heavy atom. The molecule has 0 aliphatic rings. The average Bonchev–Trinajstić information content (AvgIpc) is 2.34. The number of hydrazine groups is 1. The lowest BCUT2D eigenvalue weighted by Crippen LogP contribution is -2.37. The van der Waals surface area contributed by atoms with E-state index in [1.165, 1.54) is 12.3 Å². The number of amides is 3. The largest absolute Gasteiger partial charge is 0.352 e. The van der Waals surface area contributed by atoms with Crippen LogP contribution in [0.3, 0.4) is 0 Å². The van der Waals surface area contributed by atoms with E-state index in [0.717, 1.165) is 0 Å². The summed E-state index contributed by atoms with van der Waals surface area (Å²) >= 11 is 0. The molecule has 1 heterocycles. The van der Waals surface area contributed by atoms with E-state index in [4.69, 9.17) is 11.6 Å². The Morgan fingerprint density at radius 2 is 1.94 bits per heavy atom. The topological polar surface area (TPSA) is 135 Å². The molecule has 0 saturated carbocycles. The van der Waals surface area contributed by atoms with Crippen LogP contribution in [0.1, 0.15) is 10.5 Å². The molecule has 1 aromatic heterocycles. The number of nitrogens with one attached hydrogen (secondary N) is 3. The molecule has 0 atom stereocenters. The number of hydrogen-bond donors (Lipinski definition) is 5. The van der Waals surface area contributed by atoms with Crippen molar-refractivity contribution in [2.75, 3.05) is 18.5 Å². The van der Waals surface area contributed by atoms with Crippen LogP contribution in [0.25, 0.3) is 0 Å². The van der Waals surface area contributed by atoms with E-state index in [1.807, 2.05) is 0 Å². The Bertz CT molecular complexity index is 391. The fourth-order valence-electron chi connectivity index (χ4n) is 1.07. The van der Waals surface area contributed by atoms with Gasteiger partial charge in [0.25, 0.3) is 5.91 Å². The van der Waals surface area contributed by atoms with E-state index in [2.05, 4.69) is 21.0 Å². The predicted molar refractivity (Wildman–Crippen MR) is 62.0 cm³/mol. The maximum absolute atomic E-state index is 11.5. The Balaban J connectivity index is 2.38. The van der Waals surface area contributed by atoms with Crippen LogP contribution in [0.15, 0.2) is 18.3 Å². The molecule has 8 nitrogen and oxygen atoms in total. The summed E-state index contributed by atoms with van der Waals surface area (Å²) in [5.74, 6) is 4.83. The highest BCUT2D eigenvalue weighted by Gasteiger charge is 2.05. The molecule has 0 aliphatic carbocycles. The van der Waals surface area contributed by atoms with Gasteiger partial charge in [-0.2, -0.15) is 0 Å². The maximum Gasteiger partial charge on any atom is 0.312 e. The van der Waals surface area contributed by atoms with Gasteiger partial charge in [-0.25, -0.2) is 9.78 Å². The molecule has 0 aliphatic heterocycles. The summed E-state index contributed by atoms with van der Waals surface area (Å²) < 4.78 is 0. The number of primary amides is 1. The van der Waals surface area contributed by atoms with Crippen molar-refractivity contribution >= 4 is 17.6 Å². The van der Waals surface area contributed by atoms with Crippen LogP contribution in [0.2, 0.25) is 0 Å². The zero-order valence-corrected chi connectivity index (χ0v) is 9.06. The molecule has 0 bridgehead atoms. The highest BCUT2D eigenvalue weighted by molar-refractivity contribution is 5.92. The van der Waals surface area contributed by atoms with Crippen LogP contribution < -0.4 is 27.6 Å². The van der Waals surface area contributed by atoms with Crippen molar-refractivity contribution in [3.05, 3.63) is 24.0 Å². The van der Waals surface area contributed by atoms with Crippen molar-refractivity contribution in [3.63, 3.8) is 0 Å². The third-order valence-corrected chi connectivity index (χ3v) is 1.87. The molecule has 0 fully saturated rings. The Kier molecular flexibility index (Phi) is 4.70. The highest BCUT2D eigenvalue weighted by atomic mass is 16.2. The normalized spacial score (nSPS) is 9.47. The Hall–Kier alpha value is -2.35. The number of rotatable bonds is 5. The van der Waals surface area contributed by atoms with Gasteiger partial charge in [-0.05, 0) is 12.1 Å². The SMILES string of the molecule is NNc1ccc(C(=O)NCCNC(N)=O)nc1. The summed E-state index contributed by atoms with van der Waals surface area (Å²) in [5, 5.41) is 4.92. The Labute approximate surface area is 97.7 Å². The van der Waals surface area contributed by atoms with E-state index >= 15 is 0 Å². The average molecular weight is 238 g/mol. The van der Waals surface area contributed by atoms with E-state index in [9.17, 15) is 9.59 Å². The lowest BCUT2D eigenvalue weighted by molar-refractivity contribution is 0.0949. The van der Waals surface area contributed by atoms with Crippen LogP contribution in [0, 0.1) is 0 Å². The quantitative estimate of drug-likeness (QED) is 0.248. The number of aromatic nitrogens is 1. The second-order valence-electron chi connectivity index (χ2n) is 3.12. The molecule has 1 aromatic rings. The number of hydrogen-bond acceptors (Lipinski definition) is 5. The summed E-state index contributed by atoms with van der Waals surface area (Å²) in [6.45, 7) is 0.545. The van der Waals surface area contributed by atoms with Gasteiger partial charge in [0, 0.05) is 13.1 Å². The highest BCUT2D eigenvalue weighted by Crippen LogP contribution is 2.03. The minimum Gasteiger partial charge on any atom is -0.352 e. The molecule has 17 heavy (non-hydrogen) atoms. The van der Waals surface area contributed by atoms with E-state index in [-0.39, 0.29) is 24.7 Å². The number of nitrogens with two attached hydrogens (primary N) is 2. The second-order valence-corrected chi connectivity index (χ2v) is 3.12. The minimum atomic E-state index is -0.629. The number of anilines is 1. The summed E-state index contributed by atoms with van der Waals surface area (Å²) in [6.07, 6.45) is 1.44. The number of nitrogens with zero attached hydrogens (tertiary/aromatic N) is 1. The standard InChI is InChI=1S/C9H14N6O2/c10-9(17)13-4-3-12-8(16)7-2-1-6(15-11)5-14-7/h1-2,5,15H,3-4,11H2,(H,12,16)(H3,10,13,17). The first-order valence-electron chi connectivity index (χ1n) is 4.87. The van der Waals surface area contributed by atoms with Crippen LogP contribution in [-0.2, 0) is 0 Å². The number of urea groups is 1. The Morgan fingerprint density at radius 1 is 1.24 bits per heavy atom. The van der Waals surface area contributed by atoms with Crippen molar-refractivity contribution < 1.29 is 9.59 Å². The van der Waals surface area contributed by atoms with Crippen LogP contribution in [0.5, 0.6) is 0 Å². The molecule has 3 amide bonds. The van der Waals surface area contributed by atoms with Gasteiger partial charge in [0.15, 0.2) is 0 Å². The molecule has 0 saturated heterocycles. The summed E-state index contributed by atoms with van der Waals surface area (Å²) in [4.78, 5) is 25.8. The van der Waals surface area contributed by atoms with E-state index in [0.29, 0.717) is 5.69 Å². The lowest BCUT2D eigenvalue weighted by Gasteiger charge is -2.05. The third kappa shape index (κ3) is 4.34. The number of carbonyl (C=O) groups is 2. The maximum atomic E-state index is 11.5. The van der Waals surface area contributed by atoms with Crippen LogP contribution in [-0.4, -0.2) is 30.0 Å². The van der Waals surface area contributed by atoms with Gasteiger partial charge in [0.1, 0.15) is 5.69 Å². The number of nitrogen functional groups attached to an aromatic ring is 1. The smallest absolute Gasteiger partial charge is 0.312 e. The first-order valence-corrected chi connectivity index (χ1v) is 4.87. The fourth-order valence-corrected chi connectivity index (χ4v) is 1.07. The summed E-state index contributed by atoms with van der Waals surface area (Å²) in [7, 11) is 0. The molecule has 7 N–H and O–H groups in total. The third-order valence-electron chi connectivity index (χ3n) is 1.87. The summed E-state index contributed by atoms with van der Waals surface area (Å²) in [5.41, 5.74) is 8.14. The fraction of sp³-hybridized carbons (Fsp3) is 0.222. The van der Waals surface area contributed by atoms with Crippen LogP contribution >= 0.6 is 0 Å². The van der Waals surface area contributed by atoms with Gasteiger partial charge in [-0.15, -0.1) is 0 Å². The molecule has 92 valence electrons. The van der Waals surface area contributed by atoms with Gasteiger partial charge in [0.2, 0.25) is 0 Å². The zero-order chi connectivity index (χ0) is 12.7. The van der Waals surface area contributed by atoms with Gasteiger partial charge >= 0.3 is 6.03 Å². The van der Waals surface area contributed by atoms with E-state index in [1.54, 1.807) is 6.07 Å². The van der Waals surface area contributed by atoms with Gasteiger partial charge in [0.05, 0.1) is 11.9 Å². The minimum absolute atomic E-state index is 0.267. The molecule has 0 radical (unpaired) electrons. The van der Waals surface area contributed by atoms with Crippen molar-refractivity contribution in [1.82, 2.24) is 15.6 Å². The molecule has 8 heteroatoms. The monoisotopic (exact) mass is 238 g/mol. The van der Waals surface area contributed by atoms with E-state index < -0.39 is 6.03 Å². The second kappa shape index (κ2) is 6.28. The summed E-state index contributed by atoms with van der Waals surface area (Å²) in [6, 6.07) is 2.53. The van der Waals surface area contributed by atoms with Crippen molar-refractivity contribution in [2.45, 2.75) is 0 Å². The lowest BCUT2D eigenvalue weighted by atomic mass is 10.3. The molecule has 1 rings (SSSR count). The first-order chi connectivity index (χ1) is 8.13. The van der Waals surface area contributed by atoms with Gasteiger partial charge in [-0.3, -0.25) is 10.6 Å². The predicted octanol–water partition coefficient (Wildman–Crippen LogP) is -1.23. The number of pyridine rings is 1. The van der Waals surface area contributed by atoms with Crippen molar-refractivity contribution in [2.24, 2.45) is 11.6 Å². The van der Waals surface area contributed by atoms with Crippen molar-refractivity contribution in [3.8, 4) is 0 Å². The molecular formula is C9H14N6O2. The molecule has 0 aromatic carbocycles. The molecule has 0 spiro atoms. The molecular weight excluding hydrogens is 224 g/mol. The van der Waals surface area contributed by atoms with Gasteiger partial charge < -0.3 is 21.8 Å². The van der Waals surface area contributed by atoms with Gasteiger partial charge in [-0.1, -0.05) is 0 Å². The van der Waals surface area contributed by atoms with Crippen molar-refractivity contribution in [1.29, 1.82) is 0 Å². The number of carbonyl (C=O) groups excluding carboxylic acids is 2. The van der Waals surface area contributed by atoms with Crippen LogP contribution in [0.4, 0.5) is 10.5 Å². The first kappa shape index (κ1) is 12.7. The molecule has 0 unspecified atom stereocenters. The zero-order valence-electron chi connectivity index (χ0n) is 9.06.